The van der Waals surface area contributed by atoms with Gasteiger partial charge in [-0.15, -0.1) is 11.3 Å². The lowest BCUT2D eigenvalue weighted by Gasteiger charge is -2.01. The third kappa shape index (κ3) is 1.70. The van der Waals surface area contributed by atoms with Crippen molar-refractivity contribution in [2.75, 3.05) is 12.4 Å². The number of rotatable bonds is 2. The minimum absolute atomic E-state index is 0.755. The van der Waals surface area contributed by atoms with Gasteiger partial charge in [0.15, 0.2) is 0 Å². The summed E-state index contributed by atoms with van der Waals surface area (Å²) in [6.07, 6.45) is 5.46. The highest BCUT2D eigenvalue weighted by molar-refractivity contribution is 7.16. The first-order valence-electron chi connectivity index (χ1n) is 4.96. The van der Waals surface area contributed by atoms with Gasteiger partial charge in [0, 0.05) is 13.0 Å². The van der Waals surface area contributed by atoms with Crippen molar-refractivity contribution in [3.05, 3.63) is 10.7 Å². The van der Waals surface area contributed by atoms with Gasteiger partial charge in [0.1, 0.15) is 5.00 Å². The lowest BCUT2D eigenvalue weighted by molar-refractivity contribution is 0.714. The Bertz CT molecular complexity index is 287. The third-order valence-electron chi connectivity index (χ3n) is 2.74. The number of anilines is 1. The van der Waals surface area contributed by atoms with Crippen LogP contribution in [0.15, 0.2) is 0 Å². The molecule has 0 aliphatic heterocycles. The van der Waals surface area contributed by atoms with Gasteiger partial charge in [-0.2, -0.15) is 0 Å². The molecule has 1 aliphatic rings. The molecular formula is C10H16N2S. The Balaban J connectivity index is 2.20. The maximum Gasteiger partial charge on any atom is 0.111 e. The molecule has 0 amide bonds. The van der Waals surface area contributed by atoms with E-state index in [1.165, 1.54) is 35.7 Å². The van der Waals surface area contributed by atoms with Crippen molar-refractivity contribution in [1.29, 1.82) is 0 Å². The van der Waals surface area contributed by atoms with Crippen molar-refractivity contribution in [2.24, 2.45) is 0 Å². The molecule has 0 atom stereocenters. The summed E-state index contributed by atoms with van der Waals surface area (Å²) in [5.41, 5.74) is 1.16. The van der Waals surface area contributed by atoms with Gasteiger partial charge in [0.25, 0.3) is 0 Å². The van der Waals surface area contributed by atoms with E-state index >= 15 is 0 Å². The van der Waals surface area contributed by atoms with Gasteiger partial charge in [0.2, 0.25) is 0 Å². The zero-order chi connectivity index (χ0) is 9.26. The first-order chi connectivity index (χ1) is 6.31. The van der Waals surface area contributed by atoms with E-state index in [0.29, 0.717) is 0 Å². The topological polar surface area (TPSA) is 24.9 Å². The molecule has 72 valence electrons. The standard InChI is InChI=1S/C10H16N2S/c1-7-9(11-2)13-10(12-7)8-5-3-4-6-8/h8,11H,3-6H2,1-2H3. The average molecular weight is 196 g/mol. The van der Waals surface area contributed by atoms with Crippen molar-refractivity contribution >= 4 is 16.3 Å². The Morgan fingerprint density at radius 2 is 2.08 bits per heavy atom. The molecule has 0 bridgehead atoms. The Kier molecular flexibility index (Phi) is 2.54. The van der Waals surface area contributed by atoms with E-state index in [1.54, 1.807) is 0 Å². The van der Waals surface area contributed by atoms with Crippen LogP contribution < -0.4 is 5.32 Å². The molecule has 1 aromatic heterocycles. The van der Waals surface area contributed by atoms with Crippen LogP contribution in [-0.2, 0) is 0 Å². The normalized spacial score (nSPS) is 18.0. The Morgan fingerprint density at radius 1 is 1.38 bits per heavy atom. The van der Waals surface area contributed by atoms with Crippen LogP contribution in [0.4, 0.5) is 5.00 Å². The number of nitrogens with one attached hydrogen (secondary N) is 1. The summed E-state index contributed by atoms with van der Waals surface area (Å²) >= 11 is 1.83. The molecule has 13 heavy (non-hydrogen) atoms. The molecule has 0 spiro atoms. The molecule has 1 saturated carbocycles. The number of aromatic nitrogens is 1. The Labute approximate surface area is 83.4 Å². The Hall–Kier alpha value is -0.570. The molecule has 2 rings (SSSR count). The summed E-state index contributed by atoms with van der Waals surface area (Å²) in [7, 11) is 1.97. The molecule has 2 nitrogen and oxygen atoms in total. The van der Waals surface area contributed by atoms with Gasteiger partial charge in [-0.3, -0.25) is 0 Å². The van der Waals surface area contributed by atoms with Crippen LogP contribution in [0.2, 0.25) is 0 Å². The maximum atomic E-state index is 4.62. The lowest BCUT2D eigenvalue weighted by atomic mass is 10.1. The summed E-state index contributed by atoms with van der Waals surface area (Å²) in [5.74, 6) is 0.755. The smallest absolute Gasteiger partial charge is 0.111 e. The van der Waals surface area contributed by atoms with Gasteiger partial charge in [-0.25, -0.2) is 4.98 Å². The van der Waals surface area contributed by atoms with Crippen LogP contribution in [0.1, 0.15) is 42.3 Å². The number of hydrogen-bond donors (Lipinski definition) is 1. The average Bonchev–Trinajstić information content (AvgIpc) is 2.71. The molecule has 0 aromatic carbocycles. The number of aryl methyl sites for hydroxylation is 1. The SMILES string of the molecule is CNc1sc(C2CCCC2)nc1C. The first-order valence-corrected chi connectivity index (χ1v) is 5.78. The number of thiazole rings is 1. The fourth-order valence-electron chi connectivity index (χ4n) is 2.00. The molecule has 3 heteroatoms. The minimum atomic E-state index is 0.755. The third-order valence-corrected chi connectivity index (χ3v) is 4.08. The summed E-state index contributed by atoms with van der Waals surface area (Å²) in [5, 5.41) is 5.78. The minimum Gasteiger partial charge on any atom is -0.378 e. The summed E-state index contributed by atoms with van der Waals surface area (Å²) in [6.45, 7) is 2.08. The summed E-state index contributed by atoms with van der Waals surface area (Å²) in [4.78, 5) is 4.62. The molecule has 0 radical (unpaired) electrons. The molecule has 1 heterocycles. The van der Waals surface area contributed by atoms with Crippen LogP contribution >= 0.6 is 11.3 Å². The second-order valence-electron chi connectivity index (χ2n) is 3.70. The van der Waals surface area contributed by atoms with Crippen molar-refractivity contribution < 1.29 is 0 Å². The molecule has 1 fully saturated rings. The molecule has 1 N–H and O–H groups in total. The van der Waals surface area contributed by atoms with Gasteiger partial charge in [-0.05, 0) is 19.8 Å². The zero-order valence-electron chi connectivity index (χ0n) is 8.26. The van der Waals surface area contributed by atoms with E-state index in [0.717, 1.165) is 11.6 Å². The van der Waals surface area contributed by atoms with Crippen LogP contribution in [0.3, 0.4) is 0 Å². The Morgan fingerprint density at radius 3 is 2.62 bits per heavy atom. The van der Waals surface area contributed by atoms with E-state index in [2.05, 4.69) is 17.2 Å². The van der Waals surface area contributed by atoms with Gasteiger partial charge >= 0.3 is 0 Å². The van der Waals surface area contributed by atoms with Gasteiger partial charge in [0.05, 0.1) is 10.7 Å². The first kappa shape index (κ1) is 9.00. The van der Waals surface area contributed by atoms with E-state index in [9.17, 15) is 0 Å². The lowest BCUT2D eigenvalue weighted by Crippen LogP contribution is -1.90. The van der Waals surface area contributed by atoms with Crippen LogP contribution in [0.25, 0.3) is 0 Å². The highest BCUT2D eigenvalue weighted by Crippen LogP contribution is 2.38. The number of nitrogens with zero attached hydrogens (tertiary/aromatic N) is 1. The van der Waals surface area contributed by atoms with Crippen molar-refractivity contribution in [3.8, 4) is 0 Å². The van der Waals surface area contributed by atoms with E-state index in [1.807, 2.05) is 18.4 Å². The van der Waals surface area contributed by atoms with Crippen LogP contribution in [-0.4, -0.2) is 12.0 Å². The largest absolute Gasteiger partial charge is 0.378 e. The zero-order valence-corrected chi connectivity index (χ0v) is 9.08. The van der Waals surface area contributed by atoms with Crippen molar-refractivity contribution in [2.45, 2.75) is 38.5 Å². The van der Waals surface area contributed by atoms with Crippen LogP contribution in [0, 0.1) is 6.92 Å². The van der Waals surface area contributed by atoms with Crippen molar-refractivity contribution in [3.63, 3.8) is 0 Å². The molecule has 1 aromatic rings. The van der Waals surface area contributed by atoms with Crippen LogP contribution in [0.5, 0.6) is 0 Å². The predicted octanol–water partition coefficient (Wildman–Crippen LogP) is 3.15. The second-order valence-corrected chi connectivity index (χ2v) is 4.73. The highest BCUT2D eigenvalue weighted by atomic mass is 32.1. The fourth-order valence-corrected chi connectivity index (χ4v) is 3.09. The van der Waals surface area contributed by atoms with E-state index in [-0.39, 0.29) is 0 Å². The fraction of sp³-hybridized carbons (Fsp3) is 0.700. The predicted molar refractivity (Wildman–Crippen MR) is 57.6 cm³/mol. The maximum absolute atomic E-state index is 4.62. The number of hydrogen-bond acceptors (Lipinski definition) is 3. The quantitative estimate of drug-likeness (QED) is 0.786. The molecule has 0 unspecified atom stereocenters. The van der Waals surface area contributed by atoms with E-state index < -0.39 is 0 Å². The van der Waals surface area contributed by atoms with E-state index in [4.69, 9.17) is 0 Å². The summed E-state index contributed by atoms with van der Waals surface area (Å²) in [6, 6.07) is 0. The van der Waals surface area contributed by atoms with Gasteiger partial charge in [-0.1, -0.05) is 12.8 Å². The van der Waals surface area contributed by atoms with Gasteiger partial charge < -0.3 is 5.32 Å². The highest BCUT2D eigenvalue weighted by Gasteiger charge is 2.21. The monoisotopic (exact) mass is 196 g/mol. The van der Waals surface area contributed by atoms with Crippen molar-refractivity contribution in [1.82, 2.24) is 4.98 Å². The summed E-state index contributed by atoms with van der Waals surface area (Å²) < 4.78 is 0. The molecule has 1 aliphatic carbocycles. The molecule has 0 saturated heterocycles. The molecular weight excluding hydrogens is 180 g/mol. The second kappa shape index (κ2) is 3.66.